The Hall–Kier alpha value is -3.46. The molecule has 3 aromatic carbocycles. The molecule has 0 saturated carbocycles. The second-order valence-corrected chi connectivity index (χ2v) is 8.49. The largest absolute Gasteiger partial charge is 0.379 e. The van der Waals surface area contributed by atoms with Gasteiger partial charge in [-0.15, -0.1) is 0 Å². The Bertz CT molecular complexity index is 1130. The maximum Gasteiger partial charge on any atom is 0.326 e. The molecule has 1 aliphatic rings. The molecule has 0 radical (unpaired) electrons. The zero-order valence-electron chi connectivity index (χ0n) is 19.0. The number of rotatable bonds is 7. The van der Waals surface area contributed by atoms with Crippen LogP contribution in [0.4, 0.5) is 26.2 Å². The maximum atomic E-state index is 13.2. The molecule has 0 unspecified atom stereocenters. The number of amides is 3. The van der Waals surface area contributed by atoms with Gasteiger partial charge in [-0.1, -0.05) is 11.6 Å². The normalized spacial score (nSPS) is 13.8. The van der Waals surface area contributed by atoms with Crippen LogP contribution in [0.5, 0.6) is 0 Å². The lowest BCUT2D eigenvalue weighted by Gasteiger charge is -2.30. The summed E-state index contributed by atoms with van der Waals surface area (Å²) in [6, 6.07) is 19.0. The molecular formula is C26H26ClFN4O3. The topological polar surface area (TPSA) is 73.9 Å². The number of hydrogen-bond donors (Lipinski definition) is 2. The fourth-order valence-electron chi connectivity index (χ4n) is 3.67. The van der Waals surface area contributed by atoms with Gasteiger partial charge in [0.1, 0.15) is 5.82 Å². The van der Waals surface area contributed by atoms with Gasteiger partial charge in [-0.2, -0.15) is 0 Å². The molecule has 182 valence electrons. The average Bonchev–Trinajstić information content (AvgIpc) is 2.88. The fraction of sp³-hybridized carbons (Fsp3) is 0.231. The predicted molar refractivity (Wildman–Crippen MR) is 136 cm³/mol. The van der Waals surface area contributed by atoms with Gasteiger partial charge in [0, 0.05) is 53.8 Å². The second-order valence-electron chi connectivity index (χ2n) is 8.05. The summed E-state index contributed by atoms with van der Waals surface area (Å²) in [5, 5.41) is 6.22. The third-order valence-electron chi connectivity index (χ3n) is 5.63. The van der Waals surface area contributed by atoms with Crippen molar-refractivity contribution in [3.8, 4) is 0 Å². The number of benzene rings is 3. The van der Waals surface area contributed by atoms with Crippen LogP contribution in [-0.4, -0.2) is 56.2 Å². The Kier molecular flexibility index (Phi) is 8.31. The van der Waals surface area contributed by atoms with E-state index in [-0.39, 0.29) is 17.8 Å². The van der Waals surface area contributed by atoms with Crippen LogP contribution in [-0.2, 0) is 4.74 Å². The molecule has 0 aliphatic carbocycles. The van der Waals surface area contributed by atoms with Crippen molar-refractivity contribution in [1.82, 2.24) is 4.90 Å². The van der Waals surface area contributed by atoms with Gasteiger partial charge < -0.3 is 15.4 Å². The molecule has 9 heteroatoms. The van der Waals surface area contributed by atoms with Gasteiger partial charge >= 0.3 is 6.03 Å². The second kappa shape index (κ2) is 11.8. The van der Waals surface area contributed by atoms with Crippen LogP contribution >= 0.6 is 11.6 Å². The van der Waals surface area contributed by atoms with Gasteiger partial charge in [0.25, 0.3) is 5.91 Å². The summed E-state index contributed by atoms with van der Waals surface area (Å²) in [7, 11) is 0. The van der Waals surface area contributed by atoms with E-state index in [4.69, 9.17) is 16.3 Å². The number of anilines is 3. The summed E-state index contributed by atoms with van der Waals surface area (Å²) < 4.78 is 18.5. The number of ether oxygens (including phenoxy) is 1. The Morgan fingerprint density at radius 2 is 1.49 bits per heavy atom. The van der Waals surface area contributed by atoms with Crippen molar-refractivity contribution >= 4 is 40.6 Å². The van der Waals surface area contributed by atoms with E-state index >= 15 is 0 Å². The lowest BCUT2D eigenvalue weighted by atomic mass is 10.1. The number of hydrogen-bond acceptors (Lipinski definition) is 4. The predicted octanol–water partition coefficient (Wildman–Crippen LogP) is 5.10. The zero-order valence-corrected chi connectivity index (χ0v) is 19.8. The van der Waals surface area contributed by atoms with Crippen LogP contribution in [0.3, 0.4) is 0 Å². The van der Waals surface area contributed by atoms with Crippen molar-refractivity contribution in [2.24, 2.45) is 0 Å². The van der Waals surface area contributed by atoms with Crippen molar-refractivity contribution < 1.29 is 18.7 Å². The molecule has 2 N–H and O–H groups in total. The summed E-state index contributed by atoms with van der Waals surface area (Å²) in [4.78, 5) is 29.7. The Morgan fingerprint density at radius 3 is 2.14 bits per heavy atom. The highest BCUT2D eigenvalue weighted by atomic mass is 35.5. The molecular weight excluding hydrogens is 471 g/mol. The van der Waals surface area contributed by atoms with Crippen LogP contribution in [0.25, 0.3) is 0 Å². The fourth-order valence-corrected chi connectivity index (χ4v) is 3.79. The number of nitrogens with one attached hydrogen (secondary N) is 2. The molecule has 0 atom stereocenters. The molecule has 3 aromatic rings. The molecule has 35 heavy (non-hydrogen) atoms. The maximum absolute atomic E-state index is 13.2. The SMILES string of the molecule is O=C(Nc1ccc(F)cc1)c1ccc(N(CCN2CCOCC2)C(=O)Nc2ccc(Cl)cc2)cc1. The van der Waals surface area contributed by atoms with E-state index in [1.54, 1.807) is 53.4 Å². The van der Waals surface area contributed by atoms with Crippen LogP contribution in [0.1, 0.15) is 10.4 Å². The summed E-state index contributed by atoms with van der Waals surface area (Å²) in [5.74, 6) is -0.699. The van der Waals surface area contributed by atoms with Gasteiger partial charge in [-0.05, 0) is 72.8 Å². The minimum Gasteiger partial charge on any atom is -0.379 e. The van der Waals surface area contributed by atoms with Gasteiger partial charge in [-0.25, -0.2) is 9.18 Å². The molecule has 1 heterocycles. The van der Waals surface area contributed by atoms with Crippen molar-refractivity contribution in [2.45, 2.75) is 0 Å². The van der Waals surface area contributed by atoms with Crippen molar-refractivity contribution in [1.29, 1.82) is 0 Å². The summed E-state index contributed by atoms with van der Waals surface area (Å²) in [6.45, 7) is 4.12. The summed E-state index contributed by atoms with van der Waals surface area (Å²) in [6.07, 6.45) is 0. The minimum absolute atomic E-state index is 0.288. The number of morpholine rings is 1. The number of carbonyl (C=O) groups excluding carboxylic acids is 2. The highest BCUT2D eigenvalue weighted by molar-refractivity contribution is 6.30. The van der Waals surface area contributed by atoms with Crippen LogP contribution < -0.4 is 15.5 Å². The van der Waals surface area contributed by atoms with E-state index in [1.807, 2.05) is 0 Å². The lowest BCUT2D eigenvalue weighted by Crippen LogP contribution is -2.44. The lowest BCUT2D eigenvalue weighted by molar-refractivity contribution is 0.0393. The van der Waals surface area contributed by atoms with Crippen LogP contribution in [0, 0.1) is 5.82 Å². The van der Waals surface area contributed by atoms with Gasteiger partial charge in [-0.3, -0.25) is 14.6 Å². The van der Waals surface area contributed by atoms with Crippen LogP contribution in [0.2, 0.25) is 5.02 Å². The number of nitrogens with zero attached hydrogens (tertiary/aromatic N) is 2. The first-order chi connectivity index (χ1) is 17.0. The molecule has 0 bridgehead atoms. The summed E-state index contributed by atoms with van der Waals surface area (Å²) in [5.41, 5.74) is 2.20. The third-order valence-corrected chi connectivity index (χ3v) is 5.88. The quantitative estimate of drug-likeness (QED) is 0.477. The van der Waals surface area contributed by atoms with Crippen LogP contribution in [0.15, 0.2) is 72.8 Å². The monoisotopic (exact) mass is 496 g/mol. The summed E-state index contributed by atoms with van der Waals surface area (Å²) >= 11 is 5.95. The third kappa shape index (κ3) is 7.02. The van der Waals surface area contributed by atoms with E-state index < -0.39 is 0 Å². The van der Waals surface area contributed by atoms with Gasteiger partial charge in [0.2, 0.25) is 0 Å². The van der Waals surface area contributed by atoms with E-state index in [2.05, 4.69) is 15.5 Å². The van der Waals surface area contributed by atoms with E-state index in [1.165, 1.54) is 24.3 Å². The van der Waals surface area contributed by atoms with Gasteiger partial charge in [0.15, 0.2) is 0 Å². The number of halogens is 2. The highest BCUT2D eigenvalue weighted by Crippen LogP contribution is 2.20. The van der Waals surface area contributed by atoms with Gasteiger partial charge in [0.05, 0.1) is 13.2 Å². The van der Waals surface area contributed by atoms with E-state index in [0.717, 1.165) is 13.1 Å². The molecule has 3 amide bonds. The Balaban J connectivity index is 1.47. The first kappa shape index (κ1) is 24.7. The van der Waals surface area contributed by atoms with E-state index in [9.17, 15) is 14.0 Å². The van der Waals surface area contributed by atoms with Crippen molar-refractivity contribution in [2.75, 3.05) is 54.9 Å². The molecule has 0 aromatic heterocycles. The Labute approximate surface area is 208 Å². The molecule has 4 rings (SSSR count). The molecule has 1 aliphatic heterocycles. The Morgan fingerprint density at radius 1 is 0.886 bits per heavy atom. The molecule has 7 nitrogen and oxygen atoms in total. The molecule has 1 saturated heterocycles. The smallest absolute Gasteiger partial charge is 0.326 e. The first-order valence-corrected chi connectivity index (χ1v) is 11.7. The van der Waals surface area contributed by atoms with Crippen molar-refractivity contribution in [3.05, 3.63) is 89.2 Å². The van der Waals surface area contributed by atoms with Crippen molar-refractivity contribution in [3.63, 3.8) is 0 Å². The van der Waals surface area contributed by atoms with E-state index in [0.29, 0.717) is 54.0 Å². The highest BCUT2D eigenvalue weighted by Gasteiger charge is 2.19. The standard InChI is InChI=1S/C26H26ClFN4O3/c27-20-3-7-23(8-4-20)30-26(34)32(14-13-31-15-17-35-18-16-31)24-11-1-19(2-12-24)25(33)29-22-9-5-21(28)6-10-22/h1-12H,13-18H2,(H,29,33)(H,30,34). The average molecular weight is 497 g/mol. The molecule has 0 spiro atoms. The zero-order chi connectivity index (χ0) is 24.6. The minimum atomic E-state index is -0.374. The number of urea groups is 1. The number of carbonyl (C=O) groups is 2. The molecule has 1 fully saturated rings. The first-order valence-electron chi connectivity index (χ1n) is 11.3.